The van der Waals surface area contributed by atoms with Gasteiger partial charge in [-0.05, 0) is 6.07 Å². The second-order valence-corrected chi connectivity index (χ2v) is 2.84. The smallest absolute Gasteiger partial charge is 0.372 e. The Morgan fingerprint density at radius 2 is 2.14 bits per heavy atom. The number of benzene rings is 1. The minimum atomic E-state index is -1.24. The summed E-state index contributed by atoms with van der Waals surface area (Å²) < 4.78 is 17.6. The van der Waals surface area contributed by atoms with E-state index in [1.165, 1.54) is 0 Å². The molecule has 1 N–H and O–H groups in total. The van der Waals surface area contributed by atoms with Crippen LogP contribution in [0.15, 0.2) is 28.7 Å². The second-order valence-electron chi connectivity index (χ2n) is 2.84. The van der Waals surface area contributed by atoms with Crippen LogP contribution in [0.25, 0.3) is 11.0 Å². The lowest BCUT2D eigenvalue weighted by molar-refractivity contribution is 0.0662. The first-order valence-corrected chi connectivity index (χ1v) is 4.03. The number of furan rings is 1. The number of carboxylic acid groups (broad SMARTS) is 1. The molecule has 1 heterocycles. The summed E-state index contributed by atoms with van der Waals surface area (Å²) in [6.07, 6.45) is 0. The van der Waals surface area contributed by atoms with Crippen LogP contribution in [0.5, 0.6) is 0 Å². The fourth-order valence-corrected chi connectivity index (χ4v) is 1.40. The average Bonchev–Trinajstić information content (AvgIpc) is 2.56. The molecule has 1 aromatic carbocycles. The van der Waals surface area contributed by atoms with Crippen LogP contribution in [-0.4, -0.2) is 11.1 Å². The number of alkyl halides is 1. The molecule has 0 saturated heterocycles. The first-order valence-electron chi connectivity index (χ1n) is 4.03. The molecule has 0 radical (unpaired) electrons. The predicted octanol–water partition coefficient (Wildman–Crippen LogP) is 2.60. The van der Waals surface area contributed by atoms with Gasteiger partial charge in [0.15, 0.2) is 0 Å². The monoisotopic (exact) mass is 194 g/mol. The number of halogens is 1. The number of carbonyl (C=O) groups is 1. The van der Waals surface area contributed by atoms with Crippen LogP contribution in [-0.2, 0) is 6.67 Å². The Kier molecular flexibility index (Phi) is 1.96. The van der Waals surface area contributed by atoms with E-state index in [4.69, 9.17) is 9.52 Å². The molecule has 72 valence electrons. The molecule has 2 rings (SSSR count). The summed E-state index contributed by atoms with van der Waals surface area (Å²) in [6, 6.07) is 6.67. The first kappa shape index (κ1) is 8.74. The van der Waals surface area contributed by atoms with Gasteiger partial charge in [-0.2, -0.15) is 0 Å². The van der Waals surface area contributed by atoms with Gasteiger partial charge in [0.25, 0.3) is 0 Å². The van der Waals surface area contributed by atoms with E-state index in [1.54, 1.807) is 24.3 Å². The summed E-state index contributed by atoms with van der Waals surface area (Å²) in [6.45, 7) is -0.835. The lowest BCUT2D eigenvalue weighted by Gasteiger charge is -1.90. The highest BCUT2D eigenvalue weighted by Gasteiger charge is 2.18. The summed E-state index contributed by atoms with van der Waals surface area (Å²) >= 11 is 0. The summed E-state index contributed by atoms with van der Waals surface area (Å²) in [4.78, 5) is 10.7. The van der Waals surface area contributed by atoms with E-state index >= 15 is 0 Å². The van der Waals surface area contributed by atoms with E-state index in [0.29, 0.717) is 11.0 Å². The third kappa shape index (κ3) is 1.16. The van der Waals surface area contributed by atoms with Gasteiger partial charge in [0.05, 0.1) is 0 Å². The van der Waals surface area contributed by atoms with E-state index in [0.717, 1.165) is 0 Å². The quantitative estimate of drug-likeness (QED) is 0.799. The molecule has 14 heavy (non-hydrogen) atoms. The summed E-state index contributed by atoms with van der Waals surface area (Å²) in [7, 11) is 0. The van der Waals surface area contributed by atoms with Crippen molar-refractivity contribution in [1.29, 1.82) is 0 Å². The van der Waals surface area contributed by atoms with E-state index in [2.05, 4.69) is 0 Å². The van der Waals surface area contributed by atoms with Crippen molar-refractivity contribution in [2.75, 3.05) is 0 Å². The topological polar surface area (TPSA) is 50.4 Å². The van der Waals surface area contributed by atoms with E-state index < -0.39 is 12.6 Å². The van der Waals surface area contributed by atoms with Crippen molar-refractivity contribution in [1.82, 2.24) is 0 Å². The fraction of sp³-hybridized carbons (Fsp3) is 0.100. The Balaban J connectivity index is 2.78. The Bertz CT molecular complexity index is 487. The number of para-hydroxylation sites is 1. The van der Waals surface area contributed by atoms with Crippen LogP contribution in [0.2, 0.25) is 0 Å². The van der Waals surface area contributed by atoms with Gasteiger partial charge >= 0.3 is 5.97 Å². The van der Waals surface area contributed by atoms with Gasteiger partial charge in [-0.3, -0.25) is 0 Å². The lowest BCUT2D eigenvalue weighted by atomic mass is 10.1. The number of fused-ring (bicyclic) bond motifs is 1. The normalized spacial score (nSPS) is 10.6. The molecule has 4 heteroatoms. The van der Waals surface area contributed by atoms with Crippen LogP contribution in [0.4, 0.5) is 4.39 Å². The minimum Gasteiger partial charge on any atom is -0.475 e. The number of hydrogen-bond donors (Lipinski definition) is 1. The molecule has 0 aliphatic rings. The average molecular weight is 194 g/mol. The van der Waals surface area contributed by atoms with Gasteiger partial charge in [0.2, 0.25) is 5.76 Å². The largest absolute Gasteiger partial charge is 0.475 e. The van der Waals surface area contributed by atoms with Crippen molar-refractivity contribution in [3.8, 4) is 0 Å². The third-order valence-electron chi connectivity index (χ3n) is 2.03. The molecular weight excluding hydrogens is 187 g/mol. The number of hydrogen-bond acceptors (Lipinski definition) is 2. The predicted molar refractivity (Wildman–Crippen MR) is 48.0 cm³/mol. The SMILES string of the molecule is O=C(O)c1oc2ccccc2c1CF. The van der Waals surface area contributed by atoms with Crippen LogP contribution in [0, 0.1) is 0 Å². The molecule has 0 atom stereocenters. The Labute approximate surface area is 78.8 Å². The Morgan fingerprint density at radius 3 is 2.79 bits per heavy atom. The van der Waals surface area contributed by atoms with E-state index in [9.17, 15) is 9.18 Å². The van der Waals surface area contributed by atoms with Gasteiger partial charge in [-0.1, -0.05) is 18.2 Å². The summed E-state index contributed by atoms with van der Waals surface area (Å²) in [5.41, 5.74) is 0.505. The van der Waals surface area contributed by atoms with Crippen molar-refractivity contribution in [3.05, 3.63) is 35.6 Å². The van der Waals surface area contributed by atoms with E-state index in [1.807, 2.05) is 0 Å². The molecule has 1 aromatic heterocycles. The van der Waals surface area contributed by atoms with Crippen molar-refractivity contribution in [2.45, 2.75) is 6.67 Å². The Morgan fingerprint density at radius 1 is 1.43 bits per heavy atom. The third-order valence-corrected chi connectivity index (χ3v) is 2.03. The van der Waals surface area contributed by atoms with Crippen LogP contribution in [0.3, 0.4) is 0 Å². The highest BCUT2D eigenvalue weighted by atomic mass is 19.1. The second kappa shape index (κ2) is 3.14. The van der Waals surface area contributed by atoms with Crippen molar-refractivity contribution in [2.24, 2.45) is 0 Å². The van der Waals surface area contributed by atoms with Crippen LogP contribution in [0.1, 0.15) is 16.1 Å². The highest BCUT2D eigenvalue weighted by molar-refractivity contribution is 5.94. The highest BCUT2D eigenvalue weighted by Crippen LogP contribution is 2.26. The Hall–Kier alpha value is -1.84. The molecule has 0 amide bonds. The number of rotatable bonds is 2. The molecule has 0 spiro atoms. The first-order chi connectivity index (χ1) is 6.74. The zero-order chi connectivity index (χ0) is 10.1. The summed E-state index contributed by atoms with van der Waals surface area (Å²) in [5, 5.41) is 9.26. The van der Waals surface area contributed by atoms with Crippen LogP contribution < -0.4 is 0 Å². The number of aromatic carboxylic acids is 1. The molecule has 3 nitrogen and oxygen atoms in total. The molecule has 0 bridgehead atoms. The zero-order valence-electron chi connectivity index (χ0n) is 7.16. The van der Waals surface area contributed by atoms with Gasteiger partial charge in [0, 0.05) is 10.9 Å². The van der Waals surface area contributed by atoms with Gasteiger partial charge < -0.3 is 9.52 Å². The molecule has 0 aliphatic heterocycles. The molecule has 0 saturated carbocycles. The molecule has 2 aromatic rings. The zero-order valence-corrected chi connectivity index (χ0v) is 7.16. The lowest BCUT2D eigenvalue weighted by Crippen LogP contribution is -1.97. The molecule has 0 aliphatic carbocycles. The molecule has 0 unspecified atom stereocenters. The minimum absolute atomic E-state index is 0.105. The van der Waals surface area contributed by atoms with E-state index in [-0.39, 0.29) is 11.3 Å². The van der Waals surface area contributed by atoms with Gasteiger partial charge in [-0.25, -0.2) is 9.18 Å². The van der Waals surface area contributed by atoms with Gasteiger partial charge in [0.1, 0.15) is 12.3 Å². The van der Waals surface area contributed by atoms with Crippen molar-refractivity contribution in [3.63, 3.8) is 0 Å². The van der Waals surface area contributed by atoms with Gasteiger partial charge in [-0.15, -0.1) is 0 Å². The van der Waals surface area contributed by atoms with Crippen LogP contribution >= 0.6 is 0 Å². The maximum Gasteiger partial charge on any atom is 0.372 e. The number of carboxylic acids is 1. The van der Waals surface area contributed by atoms with Crippen molar-refractivity contribution >= 4 is 16.9 Å². The maximum atomic E-state index is 12.6. The fourth-order valence-electron chi connectivity index (χ4n) is 1.40. The molecular formula is C10H7FO3. The molecule has 0 fully saturated rings. The standard InChI is InChI=1S/C10H7FO3/c11-5-7-6-3-1-2-4-8(6)14-9(7)10(12)13/h1-4H,5H2,(H,12,13). The maximum absolute atomic E-state index is 12.6. The van der Waals surface area contributed by atoms with Crippen molar-refractivity contribution < 1.29 is 18.7 Å². The summed E-state index contributed by atoms with van der Waals surface area (Å²) in [5.74, 6) is -1.55.